The average Bonchev–Trinajstić information content (AvgIpc) is 2.80. The van der Waals surface area contributed by atoms with Gasteiger partial charge in [-0.15, -0.1) is 0 Å². The number of hydrogen-bond donors (Lipinski definition) is 0. The number of hydrogen-bond acceptors (Lipinski definition) is 3. The number of nitrogens with zero attached hydrogens (tertiary/aromatic N) is 2. The van der Waals surface area contributed by atoms with Gasteiger partial charge in [-0.05, 0) is 42.3 Å². The Kier molecular flexibility index (Phi) is 7.36. The highest BCUT2D eigenvalue weighted by Gasteiger charge is 2.22. The first-order chi connectivity index (χ1) is 15.5. The van der Waals surface area contributed by atoms with Crippen LogP contribution in [0.4, 0.5) is 0 Å². The highest BCUT2D eigenvalue weighted by molar-refractivity contribution is 6.42. The van der Waals surface area contributed by atoms with Gasteiger partial charge in [-0.3, -0.25) is 9.69 Å². The van der Waals surface area contributed by atoms with E-state index in [0.717, 1.165) is 38.3 Å². The van der Waals surface area contributed by atoms with Gasteiger partial charge in [0.25, 0.3) is 5.91 Å². The van der Waals surface area contributed by atoms with Crippen molar-refractivity contribution in [2.45, 2.75) is 20.1 Å². The van der Waals surface area contributed by atoms with Crippen molar-refractivity contribution >= 4 is 29.1 Å². The van der Waals surface area contributed by atoms with Crippen molar-refractivity contribution in [1.29, 1.82) is 0 Å². The maximum atomic E-state index is 13.1. The normalized spacial score (nSPS) is 14.4. The summed E-state index contributed by atoms with van der Waals surface area (Å²) in [7, 11) is 0. The van der Waals surface area contributed by atoms with E-state index in [2.05, 4.69) is 36.1 Å². The lowest BCUT2D eigenvalue weighted by Crippen LogP contribution is -2.48. The Bertz CT molecular complexity index is 1090. The first-order valence-electron chi connectivity index (χ1n) is 10.7. The number of rotatable bonds is 6. The van der Waals surface area contributed by atoms with Crippen LogP contribution in [0, 0.1) is 6.92 Å². The molecule has 166 valence electrons. The molecule has 1 fully saturated rings. The smallest absolute Gasteiger partial charge is 0.253 e. The Morgan fingerprint density at radius 1 is 0.906 bits per heavy atom. The molecule has 0 unspecified atom stereocenters. The van der Waals surface area contributed by atoms with Gasteiger partial charge in [0, 0.05) is 38.3 Å². The van der Waals surface area contributed by atoms with E-state index in [1.54, 1.807) is 18.2 Å². The summed E-state index contributed by atoms with van der Waals surface area (Å²) in [5, 5.41) is 0.847. The molecule has 0 spiro atoms. The number of carbonyl (C=O) groups is 1. The summed E-state index contributed by atoms with van der Waals surface area (Å²) in [5.74, 6) is 0.587. The number of halogens is 2. The van der Waals surface area contributed by atoms with Gasteiger partial charge >= 0.3 is 0 Å². The van der Waals surface area contributed by atoms with Gasteiger partial charge < -0.3 is 9.64 Å². The fourth-order valence-corrected chi connectivity index (χ4v) is 4.26. The molecule has 1 amide bonds. The average molecular weight is 469 g/mol. The van der Waals surface area contributed by atoms with Crippen LogP contribution in [0.3, 0.4) is 0 Å². The summed E-state index contributed by atoms with van der Waals surface area (Å²) in [4.78, 5) is 17.4. The van der Waals surface area contributed by atoms with Crippen molar-refractivity contribution < 1.29 is 9.53 Å². The van der Waals surface area contributed by atoms with E-state index in [1.165, 1.54) is 11.1 Å². The van der Waals surface area contributed by atoms with Crippen molar-refractivity contribution in [1.82, 2.24) is 9.80 Å². The van der Waals surface area contributed by atoms with Crippen LogP contribution in [0.2, 0.25) is 10.0 Å². The summed E-state index contributed by atoms with van der Waals surface area (Å²) in [6.07, 6.45) is 0. The maximum Gasteiger partial charge on any atom is 0.253 e. The Morgan fingerprint density at radius 3 is 2.41 bits per heavy atom. The van der Waals surface area contributed by atoms with Crippen LogP contribution in [-0.2, 0) is 13.2 Å². The molecular weight excluding hydrogens is 443 g/mol. The monoisotopic (exact) mass is 468 g/mol. The van der Waals surface area contributed by atoms with Crippen LogP contribution in [0.25, 0.3) is 0 Å². The maximum absolute atomic E-state index is 13.1. The molecule has 0 aromatic heterocycles. The van der Waals surface area contributed by atoms with Gasteiger partial charge in [0.2, 0.25) is 0 Å². The number of benzene rings is 3. The molecule has 0 saturated carbocycles. The second kappa shape index (κ2) is 10.4. The van der Waals surface area contributed by atoms with E-state index in [1.807, 2.05) is 29.2 Å². The predicted octanol–water partition coefficient (Wildman–Crippen LogP) is 5.84. The van der Waals surface area contributed by atoms with E-state index in [-0.39, 0.29) is 5.91 Å². The molecule has 0 atom stereocenters. The van der Waals surface area contributed by atoms with Gasteiger partial charge in [0.15, 0.2) is 0 Å². The van der Waals surface area contributed by atoms with Crippen LogP contribution in [0.1, 0.15) is 27.0 Å². The lowest BCUT2D eigenvalue weighted by Gasteiger charge is -2.35. The minimum absolute atomic E-state index is 0.0582. The first-order valence-corrected chi connectivity index (χ1v) is 11.5. The van der Waals surface area contributed by atoms with E-state index < -0.39 is 0 Å². The second-order valence-corrected chi connectivity index (χ2v) is 8.88. The summed E-state index contributed by atoms with van der Waals surface area (Å²) in [6, 6.07) is 21.5. The fourth-order valence-electron chi connectivity index (χ4n) is 3.91. The van der Waals surface area contributed by atoms with E-state index >= 15 is 0 Å². The molecule has 1 heterocycles. The van der Waals surface area contributed by atoms with Gasteiger partial charge in [-0.2, -0.15) is 0 Å². The first kappa shape index (κ1) is 22.7. The Morgan fingerprint density at radius 2 is 1.62 bits per heavy atom. The standard InChI is InChI=1S/C26H26Cl2N2O2/c1-19-5-2-6-20(15-19)17-29-11-13-30(14-12-29)26(31)22-8-3-7-21(16-22)18-32-24-10-4-9-23(27)25(24)28/h2-10,15-16H,11-14,17-18H2,1H3. The molecule has 0 N–H and O–H groups in total. The zero-order valence-electron chi connectivity index (χ0n) is 18.1. The molecular formula is C26H26Cl2N2O2. The molecule has 1 aliphatic heterocycles. The number of ether oxygens (including phenoxy) is 1. The Hall–Kier alpha value is -2.53. The van der Waals surface area contributed by atoms with Crippen molar-refractivity contribution in [3.63, 3.8) is 0 Å². The molecule has 1 saturated heterocycles. The molecule has 6 heteroatoms. The lowest BCUT2D eigenvalue weighted by molar-refractivity contribution is 0.0628. The molecule has 4 nitrogen and oxygen atoms in total. The molecule has 0 bridgehead atoms. The number of carbonyl (C=O) groups excluding carboxylic acids is 1. The zero-order valence-corrected chi connectivity index (χ0v) is 19.6. The predicted molar refractivity (Wildman–Crippen MR) is 130 cm³/mol. The molecule has 4 rings (SSSR count). The molecule has 3 aromatic rings. The van der Waals surface area contributed by atoms with Crippen molar-refractivity contribution in [2.24, 2.45) is 0 Å². The van der Waals surface area contributed by atoms with Gasteiger partial charge in [-0.25, -0.2) is 0 Å². The Balaban J connectivity index is 1.33. The van der Waals surface area contributed by atoms with Crippen LogP contribution in [-0.4, -0.2) is 41.9 Å². The number of amides is 1. The molecule has 1 aliphatic rings. The Labute approximate surface area is 199 Å². The summed E-state index contributed by atoms with van der Waals surface area (Å²) in [6.45, 7) is 6.54. The third-order valence-corrected chi connectivity index (χ3v) is 6.43. The topological polar surface area (TPSA) is 32.8 Å². The molecule has 0 aliphatic carbocycles. The minimum Gasteiger partial charge on any atom is -0.487 e. The zero-order chi connectivity index (χ0) is 22.5. The molecule has 3 aromatic carbocycles. The summed E-state index contributed by atoms with van der Waals surface area (Å²) >= 11 is 12.2. The quantitative estimate of drug-likeness (QED) is 0.455. The van der Waals surface area contributed by atoms with E-state index in [0.29, 0.717) is 28.0 Å². The SMILES string of the molecule is Cc1cccc(CN2CCN(C(=O)c3cccc(COc4cccc(Cl)c4Cl)c3)CC2)c1. The van der Waals surface area contributed by atoms with E-state index in [9.17, 15) is 4.79 Å². The minimum atomic E-state index is 0.0582. The highest BCUT2D eigenvalue weighted by Crippen LogP contribution is 2.32. The molecule has 32 heavy (non-hydrogen) atoms. The number of piperazine rings is 1. The van der Waals surface area contributed by atoms with Crippen LogP contribution in [0.5, 0.6) is 5.75 Å². The van der Waals surface area contributed by atoms with Gasteiger partial charge in [0.05, 0.1) is 5.02 Å². The second-order valence-electron chi connectivity index (χ2n) is 8.10. The van der Waals surface area contributed by atoms with Gasteiger partial charge in [-0.1, -0.05) is 71.2 Å². The van der Waals surface area contributed by atoms with Crippen LogP contribution < -0.4 is 4.74 Å². The van der Waals surface area contributed by atoms with Gasteiger partial charge in [0.1, 0.15) is 17.4 Å². The van der Waals surface area contributed by atoms with E-state index in [4.69, 9.17) is 27.9 Å². The number of aryl methyl sites for hydroxylation is 1. The third-order valence-electron chi connectivity index (χ3n) is 5.63. The van der Waals surface area contributed by atoms with Crippen molar-refractivity contribution in [3.8, 4) is 5.75 Å². The lowest BCUT2D eigenvalue weighted by atomic mass is 10.1. The highest BCUT2D eigenvalue weighted by atomic mass is 35.5. The molecule has 0 radical (unpaired) electrons. The van der Waals surface area contributed by atoms with Crippen LogP contribution >= 0.6 is 23.2 Å². The van der Waals surface area contributed by atoms with Crippen molar-refractivity contribution in [2.75, 3.05) is 26.2 Å². The third kappa shape index (κ3) is 5.63. The summed E-state index contributed by atoms with van der Waals surface area (Å²) in [5.41, 5.74) is 4.18. The largest absolute Gasteiger partial charge is 0.487 e. The van der Waals surface area contributed by atoms with Crippen LogP contribution in [0.15, 0.2) is 66.7 Å². The fraction of sp³-hybridized carbons (Fsp3) is 0.269. The van der Waals surface area contributed by atoms with Crippen molar-refractivity contribution in [3.05, 3.63) is 99.0 Å². The summed E-state index contributed by atoms with van der Waals surface area (Å²) < 4.78 is 5.81.